The molecule has 0 aliphatic rings. The number of halogens is 1. The summed E-state index contributed by atoms with van der Waals surface area (Å²) in [5, 5.41) is 10.6. The van der Waals surface area contributed by atoms with E-state index in [-0.39, 0.29) is 17.0 Å². The van der Waals surface area contributed by atoms with Crippen LogP contribution in [0.5, 0.6) is 5.75 Å². The SMILES string of the molecule is COc1cccc(N)c1C(=O)O.Clc1nccs1. The summed E-state index contributed by atoms with van der Waals surface area (Å²) in [4.78, 5) is 14.3. The molecule has 0 aliphatic carbocycles. The molecule has 0 unspecified atom stereocenters. The van der Waals surface area contributed by atoms with E-state index in [0.29, 0.717) is 4.47 Å². The standard InChI is InChI=1S/C8H9NO3.C3H2ClNS/c1-12-6-4-2-3-5(9)7(6)8(10)11;4-3-5-1-2-6-3/h2-4H,9H2,1H3,(H,10,11);1-2H. The van der Waals surface area contributed by atoms with E-state index in [1.807, 2.05) is 5.38 Å². The number of carbonyl (C=O) groups is 1. The molecule has 0 aliphatic heterocycles. The van der Waals surface area contributed by atoms with E-state index in [4.69, 9.17) is 27.2 Å². The molecule has 7 heteroatoms. The van der Waals surface area contributed by atoms with Gasteiger partial charge >= 0.3 is 5.97 Å². The van der Waals surface area contributed by atoms with Crippen molar-refractivity contribution in [2.24, 2.45) is 0 Å². The normalized spacial score (nSPS) is 9.22. The zero-order chi connectivity index (χ0) is 13.5. The third-order valence-corrected chi connectivity index (χ3v) is 2.82. The van der Waals surface area contributed by atoms with E-state index in [1.165, 1.54) is 24.5 Å². The Morgan fingerprint density at radius 2 is 2.28 bits per heavy atom. The molecule has 18 heavy (non-hydrogen) atoms. The molecule has 2 rings (SSSR count). The summed E-state index contributed by atoms with van der Waals surface area (Å²) in [7, 11) is 1.40. The predicted octanol–water partition coefficient (Wildman–Crippen LogP) is 2.77. The van der Waals surface area contributed by atoms with Gasteiger partial charge in [0.15, 0.2) is 4.47 Å². The highest BCUT2D eigenvalue weighted by atomic mass is 35.5. The monoisotopic (exact) mass is 286 g/mol. The van der Waals surface area contributed by atoms with Crippen molar-refractivity contribution in [2.45, 2.75) is 0 Å². The number of nitrogens with two attached hydrogens (primary N) is 1. The first-order chi connectivity index (χ1) is 8.56. The van der Waals surface area contributed by atoms with Crippen LogP contribution in [0, 0.1) is 0 Å². The van der Waals surface area contributed by atoms with Crippen LogP contribution in [0.4, 0.5) is 5.69 Å². The van der Waals surface area contributed by atoms with E-state index in [9.17, 15) is 4.79 Å². The maximum Gasteiger partial charge on any atom is 0.341 e. The number of methoxy groups -OCH3 is 1. The van der Waals surface area contributed by atoms with Crippen molar-refractivity contribution in [2.75, 3.05) is 12.8 Å². The van der Waals surface area contributed by atoms with E-state index >= 15 is 0 Å². The number of rotatable bonds is 2. The number of hydrogen-bond acceptors (Lipinski definition) is 5. The highest BCUT2D eigenvalue weighted by molar-refractivity contribution is 7.13. The Kier molecular flexibility index (Phi) is 5.41. The van der Waals surface area contributed by atoms with Crippen molar-refractivity contribution < 1.29 is 14.6 Å². The molecule has 0 bridgehead atoms. The van der Waals surface area contributed by atoms with E-state index in [1.54, 1.807) is 18.3 Å². The Morgan fingerprint density at radius 1 is 1.56 bits per heavy atom. The zero-order valence-corrected chi connectivity index (χ0v) is 11.0. The Hall–Kier alpha value is -1.79. The first-order valence-corrected chi connectivity index (χ1v) is 6.02. The largest absolute Gasteiger partial charge is 0.496 e. The predicted molar refractivity (Wildman–Crippen MR) is 71.5 cm³/mol. The minimum absolute atomic E-state index is 0.0139. The molecule has 1 heterocycles. The lowest BCUT2D eigenvalue weighted by atomic mass is 10.1. The molecule has 96 valence electrons. The molecule has 0 saturated heterocycles. The number of ether oxygens (including phenoxy) is 1. The van der Waals surface area contributed by atoms with Crippen molar-refractivity contribution >= 4 is 34.6 Å². The number of anilines is 1. The zero-order valence-electron chi connectivity index (χ0n) is 9.46. The summed E-state index contributed by atoms with van der Waals surface area (Å²) in [5.74, 6) is -0.799. The van der Waals surface area contributed by atoms with Gasteiger partial charge in [-0.2, -0.15) is 0 Å². The van der Waals surface area contributed by atoms with Crippen molar-refractivity contribution in [3.63, 3.8) is 0 Å². The molecular formula is C11H11ClN2O3S. The van der Waals surface area contributed by atoms with Gasteiger partial charge in [0, 0.05) is 17.3 Å². The van der Waals surface area contributed by atoms with Gasteiger partial charge in [0.1, 0.15) is 11.3 Å². The Balaban J connectivity index is 0.000000225. The molecule has 3 N–H and O–H groups in total. The quantitative estimate of drug-likeness (QED) is 0.829. The van der Waals surface area contributed by atoms with Crippen LogP contribution in [0.2, 0.25) is 4.47 Å². The van der Waals surface area contributed by atoms with E-state index in [0.717, 1.165) is 0 Å². The van der Waals surface area contributed by atoms with Gasteiger partial charge in [-0.15, -0.1) is 11.3 Å². The Bertz CT molecular complexity index is 517. The smallest absolute Gasteiger partial charge is 0.341 e. The summed E-state index contributed by atoms with van der Waals surface area (Å²) in [5.41, 5.74) is 5.66. The number of benzene rings is 1. The van der Waals surface area contributed by atoms with Crippen LogP contribution in [0.3, 0.4) is 0 Å². The summed E-state index contributed by atoms with van der Waals surface area (Å²) in [6, 6.07) is 4.71. The average Bonchev–Trinajstić information content (AvgIpc) is 2.80. The van der Waals surface area contributed by atoms with Crippen LogP contribution in [-0.2, 0) is 0 Å². The molecule has 5 nitrogen and oxygen atoms in total. The first-order valence-electron chi connectivity index (χ1n) is 4.77. The van der Waals surface area contributed by atoms with Gasteiger partial charge in [-0.05, 0) is 12.1 Å². The average molecular weight is 287 g/mol. The van der Waals surface area contributed by atoms with E-state index in [2.05, 4.69) is 4.98 Å². The molecule has 2 aromatic rings. The van der Waals surface area contributed by atoms with Crippen LogP contribution in [0.15, 0.2) is 29.8 Å². The van der Waals surface area contributed by atoms with Crippen LogP contribution in [-0.4, -0.2) is 23.2 Å². The number of hydrogen-bond donors (Lipinski definition) is 2. The maximum atomic E-state index is 10.6. The molecular weight excluding hydrogens is 276 g/mol. The number of nitrogen functional groups attached to an aromatic ring is 1. The van der Waals surface area contributed by atoms with Gasteiger partial charge in [-0.1, -0.05) is 17.7 Å². The fraction of sp³-hybridized carbons (Fsp3) is 0.0909. The highest BCUT2D eigenvalue weighted by Gasteiger charge is 2.13. The number of nitrogens with zero attached hydrogens (tertiary/aromatic N) is 1. The van der Waals surface area contributed by atoms with Crippen molar-refractivity contribution in [3.05, 3.63) is 39.8 Å². The molecule has 0 amide bonds. The summed E-state index contributed by atoms with van der Waals surface area (Å²) in [6.07, 6.45) is 1.67. The lowest BCUT2D eigenvalue weighted by Crippen LogP contribution is -2.04. The third kappa shape index (κ3) is 3.90. The molecule has 0 atom stereocenters. The molecule has 1 aromatic carbocycles. The lowest BCUT2D eigenvalue weighted by molar-refractivity contribution is 0.0694. The molecule has 0 spiro atoms. The molecule has 0 radical (unpaired) electrons. The second-order valence-electron chi connectivity index (χ2n) is 3.01. The number of aromatic nitrogens is 1. The van der Waals surface area contributed by atoms with Gasteiger partial charge in [-0.25, -0.2) is 9.78 Å². The fourth-order valence-electron chi connectivity index (χ4n) is 1.15. The first kappa shape index (κ1) is 14.3. The van der Waals surface area contributed by atoms with Gasteiger partial charge in [0.25, 0.3) is 0 Å². The number of thiazole rings is 1. The van der Waals surface area contributed by atoms with Crippen LogP contribution in [0.25, 0.3) is 0 Å². The van der Waals surface area contributed by atoms with Gasteiger partial charge in [0.2, 0.25) is 0 Å². The van der Waals surface area contributed by atoms with Crippen molar-refractivity contribution in [1.82, 2.24) is 4.98 Å². The third-order valence-electron chi connectivity index (χ3n) is 1.89. The van der Waals surface area contributed by atoms with Gasteiger partial charge < -0.3 is 15.6 Å². The molecule has 1 aromatic heterocycles. The fourth-order valence-corrected chi connectivity index (χ4v) is 1.72. The summed E-state index contributed by atoms with van der Waals surface area (Å²) >= 11 is 6.79. The topological polar surface area (TPSA) is 85.4 Å². The second kappa shape index (κ2) is 6.83. The minimum atomic E-state index is -1.08. The summed E-state index contributed by atoms with van der Waals surface area (Å²) < 4.78 is 5.43. The van der Waals surface area contributed by atoms with Crippen LogP contribution < -0.4 is 10.5 Å². The van der Waals surface area contributed by atoms with Gasteiger partial charge in [-0.3, -0.25) is 0 Å². The van der Waals surface area contributed by atoms with Crippen LogP contribution in [0.1, 0.15) is 10.4 Å². The minimum Gasteiger partial charge on any atom is -0.496 e. The van der Waals surface area contributed by atoms with Gasteiger partial charge in [0.05, 0.1) is 7.11 Å². The number of aromatic carboxylic acids is 1. The van der Waals surface area contributed by atoms with Crippen molar-refractivity contribution in [1.29, 1.82) is 0 Å². The Morgan fingerprint density at radius 3 is 2.61 bits per heavy atom. The van der Waals surface area contributed by atoms with Crippen molar-refractivity contribution in [3.8, 4) is 5.75 Å². The second-order valence-corrected chi connectivity index (χ2v) is 4.49. The number of carboxylic acid groups (broad SMARTS) is 1. The van der Waals surface area contributed by atoms with E-state index < -0.39 is 5.97 Å². The lowest BCUT2D eigenvalue weighted by Gasteiger charge is -2.05. The molecule has 0 saturated carbocycles. The summed E-state index contributed by atoms with van der Waals surface area (Å²) in [6.45, 7) is 0. The Labute approximate surface area is 113 Å². The number of carboxylic acids is 1. The molecule has 0 fully saturated rings. The highest BCUT2D eigenvalue weighted by Crippen LogP contribution is 2.23. The van der Waals surface area contributed by atoms with Crippen LogP contribution >= 0.6 is 22.9 Å². The maximum absolute atomic E-state index is 10.6.